The van der Waals surface area contributed by atoms with Gasteiger partial charge in [-0.2, -0.15) is 18.2 Å². The Bertz CT molecular complexity index is 1430. The second-order valence-electron chi connectivity index (χ2n) is 8.45. The first-order valence-corrected chi connectivity index (χ1v) is 12.2. The lowest BCUT2D eigenvalue weighted by Gasteiger charge is -2.14. The topological polar surface area (TPSA) is 109 Å². The molecule has 0 saturated heterocycles. The van der Waals surface area contributed by atoms with Crippen molar-refractivity contribution in [3.63, 3.8) is 0 Å². The quantitative estimate of drug-likeness (QED) is 0.196. The molecular formula is C26H25ClF3N7O. The van der Waals surface area contributed by atoms with Gasteiger partial charge in [-0.3, -0.25) is 0 Å². The van der Waals surface area contributed by atoms with E-state index in [1.807, 2.05) is 19.9 Å². The van der Waals surface area contributed by atoms with Crippen molar-refractivity contribution in [3.05, 3.63) is 64.8 Å². The highest BCUT2D eigenvalue weighted by atomic mass is 35.5. The smallest absolute Gasteiger partial charge is 0.405 e. The van der Waals surface area contributed by atoms with Gasteiger partial charge >= 0.3 is 6.18 Å². The van der Waals surface area contributed by atoms with Crippen LogP contribution in [-0.4, -0.2) is 45.5 Å². The van der Waals surface area contributed by atoms with Crippen LogP contribution in [0.2, 0.25) is 5.02 Å². The average Bonchev–Trinajstić information content (AvgIpc) is 2.89. The van der Waals surface area contributed by atoms with E-state index in [1.54, 1.807) is 42.6 Å². The molecule has 1 atom stereocenters. The third-order valence-electron chi connectivity index (χ3n) is 5.53. The van der Waals surface area contributed by atoms with Crippen molar-refractivity contribution in [1.29, 1.82) is 5.41 Å². The van der Waals surface area contributed by atoms with Gasteiger partial charge in [-0.25, -0.2) is 15.0 Å². The molecule has 0 saturated carbocycles. The number of pyridine rings is 2. The normalized spacial score (nSPS) is 12.3. The Balaban J connectivity index is 1.65. The lowest BCUT2D eigenvalue weighted by molar-refractivity contribution is -0.115. The zero-order valence-corrected chi connectivity index (χ0v) is 21.4. The molecule has 0 bridgehead atoms. The minimum atomic E-state index is -4.45. The van der Waals surface area contributed by atoms with E-state index >= 15 is 0 Å². The molecule has 0 fully saturated rings. The minimum Gasteiger partial charge on any atom is -0.478 e. The molecule has 1 aromatic carbocycles. The van der Waals surface area contributed by atoms with Gasteiger partial charge in [0.15, 0.2) is 5.82 Å². The maximum absolute atomic E-state index is 13.0. The summed E-state index contributed by atoms with van der Waals surface area (Å²) in [6.45, 7) is 3.19. The molecule has 198 valence electrons. The van der Waals surface area contributed by atoms with Gasteiger partial charge in [0.2, 0.25) is 11.8 Å². The number of nitrogens with zero attached hydrogens (tertiary/aromatic N) is 4. The fraction of sp³-hybridized carbons (Fsp3) is 0.269. The molecule has 3 heterocycles. The van der Waals surface area contributed by atoms with Gasteiger partial charge in [0.25, 0.3) is 0 Å². The van der Waals surface area contributed by atoms with Crippen LogP contribution in [0.5, 0.6) is 5.88 Å². The van der Waals surface area contributed by atoms with Gasteiger partial charge in [-0.05, 0) is 48.4 Å². The lowest BCUT2D eigenvalue weighted by atomic mass is 10.00. The second-order valence-corrected chi connectivity index (χ2v) is 8.89. The second kappa shape index (κ2) is 11.6. The zero-order chi connectivity index (χ0) is 27.3. The predicted octanol–water partition coefficient (Wildman–Crippen LogP) is 6.48. The molecule has 0 aliphatic carbocycles. The van der Waals surface area contributed by atoms with E-state index in [0.29, 0.717) is 34.3 Å². The van der Waals surface area contributed by atoms with E-state index in [4.69, 9.17) is 21.7 Å². The van der Waals surface area contributed by atoms with Crippen LogP contribution in [0.25, 0.3) is 22.3 Å². The summed E-state index contributed by atoms with van der Waals surface area (Å²) in [5.74, 6) is 0.414. The summed E-state index contributed by atoms with van der Waals surface area (Å²) in [7, 11) is 0. The Morgan fingerprint density at radius 2 is 1.89 bits per heavy atom. The molecule has 0 spiro atoms. The monoisotopic (exact) mass is 543 g/mol. The molecule has 3 N–H and O–H groups in total. The average molecular weight is 544 g/mol. The van der Waals surface area contributed by atoms with Crippen LogP contribution in [0.3, 0.4) is 0 Å². The summed E-state index contributed by atoms with van der Waals surface area (Å²) in [5.41, 5.74) is 3.40. The molecule has 8 nitrogen and oxygen atoms in total. The Kier molecular flexibility index (Phi) is 8.26. The van der Waals surface area contributed by atoms with Crippen molar-refractivity contribution < 1.29 is 17.9 Å². The summed E-state index contributed by atoms with van der Waals surface area (Å²) in [4.78, 5) is 17.5. The van der Waals surface area contributed by atoms with Crippen molar-refractivity contribution in [2.75, 3.05) is 23.8 Å². The van der Waals surface area contributed by atoms with Crippen LogP contribution in [0.1, 0.15) is 30.9 Å². The van der Waals surface area contributed by atoms with E-state index in [1.165, 1.54) is 6.21 Å². The molecule has 1 unspecified atom stereocenters. The first kappa shape index (κ1) is 27.1. The highest BCUT2D eigenvalue weighted by Gasteiger charge is 2.27. The minimum absolute atomic E-state index is 0.0558. The van der Waals surface area contributed by atoms with E-state index in [-0.39, 0.29) is 29.7 Å². The van der Waals surface area contributed by atoms with E-state index in [0.717, 1.165) is 11.1 Å². The van der Waals surface area contributed by atoms with Crippen LogP contribution >= 0.6 is 11.6 Å². The summed E-state index contributed by atoms with van der Waals surface area (Å²) in [6.07, 6.45) is -1.56. The number of hydrogen-bond donors (Lipinski definition) is 3. The van der Waals surface area contributed by atoms with E-state index in [9.17, 15) is 13.2 Å². The molecule has 38 heavy (non-hydrogen) atoms. The summed E-state index contributed by atoms with van der Waals surface area (Å²) in [6, 6.07) is 12.3. The number of fused-ring (bicyclic) bond motifs is 1. The van der Waals surface area contributed by atoms with Crippen molar-refractivity contribution >= 4 is 40.6 Å². The third-order valence-corrected chi connectivity index (χ3v) is 5.75. The largest absolute Gasteiger partial charge is 0.478 e. The number of anilines is 2. The summed E-state index contributed by atoms with van der Waals surface area (Å²) < 4.78 is 44.5. The first-order valence-electron chi connectivity index (χ1n) is 11.8. The highest BCUT2D eigenvalue weighted by Crippen LogP contribution is 2.27. The molecule has 0 radical (unpaired) electrons. The molecule has 4 aromatic rings. The Labute approximate surface area is 222 Å². The first-order chi connectivity index (χ1) is 18.1. The predicted molar refractivity (Wildman–Crippen MR) is 142 cm³/mol. The molecular weight excluding hydrogens is 519 g/mol. The van der Waals surface area contributed by atoms with Crippen molar-refractivity contribution in [2.24, 2.45) is 0 Å². The van der Waals surface area contributed by atoms with Crippen molar-refractivity contribution in [3.8, 4) is 17.1 Å². The van der Waals surface area contributed by atoms with Gasteiger partial charge in [0.05, 0.1) is 17.8 Å². The highest BCUT2D eigenvalue weighted by molar-refractivity contribution is 6.30. The van der Waals surface area contributed by atoms with Gasteiger partial charge < -0.3 is 20.8 Å². The Hall–Kier alpha value is -3.99. The van der Waals surface area contributed by atoms with Crippen LogP contribution in [0, 0.1) is 5.41 Å². The number of hydrogen-bond acceptors (Lipinski definition) is 8. The van der Waals surface area contributed by atoms with Crippen LogP contribution in [0.4, 0.5) is 24.9 Å². The molecule has 0 aliphatic heterocycles. The third kappa shape index (κ3) is 6.86. The van der Waals surface area contributed by atoms with Crippen molar-refractivity contribution in [2.45, 2.75) is 32.5 Å². The summed E-state index contributed by atoms with van der Waals surface area (Å²) in [5, 5.41) is 13.4. The van der Waals surface area contributed by atoms with Crippen LogP contribution < -0.4 is 15.4 Å². The Morgan fingerprint density at radius 1 is 1.08 bits per heavy atom. The van der Waals surface area contributed by atoms with E-state index in [2.05, 4.69) is 30.6 Å². The SMILES string of the molecule is CCOc1ccc(-c2ccc3nc(NCc4cc(Cl)cc(C(C)C=N)c4)nc(NCC(F)(F)F)c3n2)cn1. The van der Waals surface area contributed by atoms with Crippen LogP contribution in [-0.2, 0) is 6.54 Å². The molecule has 4 rings (SSSR count). The molecule has 3 aromatic heterocycles. The van der Waals surface area contributed by atoms with Gasteiger partial charge in [0, 0.05) is 41.5 Å². The maximum atomic E-state index is 13.0. The number of rotatable bonds is 10. The zero-order valence-electron chi connectivity index (χ0n) is 20.6. The van der Waals surface area contributed by atoms with E-state index < -0.39 is 12.7 Å². The van der Waals surface area contributed by atoms with Crippen molar-refractivity contribution in [1.82, 2.24) is 19.9 Å². The number of ether oxygens (including phenoxy) is 1. The maximum Gasteiger partial charge on any atom is 0.405 e. The number of benzene rings is 1. The van der Waals surface area contributed by atoms with Gasteiger partial charge in [-0.1, -0.05) is 24.6 Å². The Morgan fingerprint density at radius 3 is 2.58 bits per heavy atom. The number of aromatic nitrogens is 4. The standard InChI is InChI=1S/C26H25ClF3N7O/c1-3-38-22-7-4-17(13-32-22)20-5-6-21-23(35-20)24(34-14-26(28,29)30)37-25(36-21)33-12-16-8-18(15(2)11-31)10-19(27)9-16/h4-11,13,15,31H,3,12,14H2,1-2H3,(H2,33,34,36,37). The molecule has 0 amide bonds. The molecule has 0 aliphatic rings. The molecule has 12 heteroatoms. The van der Waals surface area contributed by atoms with Crippen LogP contribution in [0.15, 0.2) is 48.7 Å². The lowest BCUT2D eigenvalue weighted by Crippen LogP contribution is -2.22. The fourth-order valence-electron chi connectivity index (χ4n) is 3.64. The number of nitrogens with one attached hydrogen (secondary N) is 3. The fourth-order valence-corrected chi connectivity index (χ4v) is 3.91. The van der Waals surface area contributed by atoms with Gasteiger partial charge in [-0.15, -0.1) is 0 Å². The number of alkyl halides is 3. The number of halogens is 4. The summed E-state index contributed by atoms with van der Waals surface area (Å²) >= 11 is 6.24. The van der Waals surface area contributed by atoms with Gasteiger partial charge in [0.1, 0.15) is 12.1 Å².